The molecule has 0 saturated carbocycles. The number of Topliss-reactive ketones (excluding diaryl/α,β-unsaturated/α-hetero) is 1. The van der Waals surface area contributed by atoms with Crippen molar-refractivity contribution >= 4 is 11.8 Å². The van der Waals surface area contributed by atoms with E-state index in [1.54, 1.807) is 0 Å². The zero-order valence-electron chi connectivity index (χ0n) is 11.1. The monoisotopic (exact) mass is 261 g/mol. The van der Waals surface area contributed by atoms with Crippen LogP contribution in [0.25, 0.3) is 0 Å². The molecule has 1 aliphatic rings. The molecular weight excluding hydrogens is 242 g/mol. The lowest BCUT2D eigenvalue weighted by atomic mass is 9.99. The Morgan fingerprint density at radius 3 is 2.32 bits per heavy atom. The number of aryl methyl sites for hydroxylation is 1. The first-order chi connectivity index (χ1) is 9.11. The number of hydrogen-bond acceptors (Lipinski definition) is 3. The summed E-state index contributed by atoms with van der Waals surface area (Å²) < 4.78 is 0. The van der Waals surface area contributed by atoms with E-state index < -0.39 is 12.0 Å². The third kappa shape index (κ3) is 3.20. The largest absolute Gasteiger partial charge is 0.480 e. The Labute approximate surface area is 113 Å². The molecule has 19 heavy (non-hydrogen) atoms. The molecule has 1 N–H and O–H groups in total. The van der Waals surface area contributed by atoms with Gasteiger partial charge >= 0.3 is 5.97 Å². The van der Waals surface area contributed by atoms with Crippen molar-refractivity contribution in [2.24, 2.45) is 0 Å². The van der Waals surface area contributed by atoms with E-state index in [9.17, 15) is 14.7 Å². The van der Waals surface area contributed by atoms with Crippen LogP contribution in [-0.2, 0) is 16.0 Å². The number of likely N-dealkylation sites (tertiary alicyclic amines) is 1. The molecule has 0 radical (unpaired) electrons. The van der Waals surface area contributed by atoms with Crippen molar-refractivity contribution in [1.82, 2.24) is 4.90 Å². The zero-order valence-corrected chi connectivity index (χ0v) is 11.1. The number of carbonyl (C=O) groups is 2. The average Bonchev–Trinajstić information content (AvgIpc) is 2.42. The van der Waals surface area contributed by atoms with Crippen LogP contribution in [0.2, 0.25) is 0 Å². The number of carboxylic acid groups (broad SMARTS) is 1. The quantitative estimate of drug-likeness (QED) is 0.901. The molecule has 1 aromatic rings. The maximum atomic E-state index is 11.5. The lowest BCUT2D eigenvalue weighted by Crippen LogP contribution is -2.40. The Kier molecular flexibility index (Phi) is 4.32. The van der Waals surface area contributed by atoms with Crippen molar-refractivity contribution in [2.75, 3.05) is 13.1 Å². The second kappa shape index (κ2) is 5.97. The van der Waals surface area contributed by atoms with Crippen LogP contribution in [0.15, 0.2) is 24.3 Å². The summed E-state index contributed by atoms with van der Waals surface area (Å²) in [5, 5.41) is 9.44. The van der Waals surface area contributed by atoms with Crippen LogP contribution in [0.4, 0.5) is 0 Å². The number of aliphatic carboxylic acids is 1. The summed E-state index contributed by atoms with van der Waals surface area (Å²) in [5.74, 6) is -0.625. The van der Waals surface area contributed by atoms with Gasteiger partial charge in [0.05, 0.1) is 0 Å². The number of rotatable bonds is 4. The van der Waals surface area contributed by atoms with E-state index in [1.165, 1.54) is 5.56 Å². The van der Waals surface area contributed by atoms with Crippen molar-refractivity contribution in [2.45, 2.75) is 32.2 Å². The smallest absolute Gasteiger partial charge is 0.325 e. The minimum atomic E-state index is -0.849. The maximum absolute atomic E-state index is 11.5. The first-order valence-electron chi connectivity index (χ1n) is 6.69. The standard InChI is InChI=1S/C15H19NO3/c1-2-11-3-5-12(6-4-11)14(15(18)19)16-9-7-13(17)8-10-16/h3-6,14H,2,7-10H2,1H3,(H,18,19). The van der Waals surface area contributed by atoms with Gasteiger partial charge in [0.1, 0.15) is 11.8 Å². The fraction of sp³-hybridized carbons (Fsp3) is 0.467. The predicted octanol–water partition coefficient (Wildman–Crippen LogP) is 2.04. The van der Waals surface area contributed by atoms with E-state index in [0.717, 1.165) is 12.0 Å². The average molecular weight is 261 g/mol. The topological polar surface area (TPSA) is 57.6 Å². The Hall–Kier alpha value is -1.68. The van der Waals surface area contributed by atoms with E-state index in [0.29, 0.717) is 25.9 Å². The van der Waals surface area contributed by atoms with Gasteiger partial charge < -0.3 is 5.11 Å². The normalized spacial score (nSPS) is 18.3. The SMILES string of the molecule is CCc1ccc(C(C(=O)O)N2CCC(=O)CC2)cc1. The van der Waals surface area contributed by atoms with Gasteiger partial charge in [0.2, 0.25) is 0 Å². The van der Waals surface area contributed by atoms with E-state index in [1.807, 2.05) is 29.2 Å². The second-order valence-electron chi connectivity index (χ2n) is 4.91. The molecule has 1 fully saturated rings. The fourth-order valence-electron chi connectivity index (χ4n) is 2.48. The Morgan fingerprint density at radius 2 is 1.84 bits per heavy atom. The molecule has 1 atom stereocenters. The van der Waals surface area contributed by atoms with Gasteiger partial charge in [0.15, 0.2) is 0 Å². The molecule has 4 nitrogen and oxygen atoms in total. The summed E-state index contributed by atoms with van der Waals surface area (Å²) in [5.41, 5.74) is 1.99. The van der Waals surface area contributed by atoms with E-state index in [2.05, 4.69) is 6.92 Å². The number of piperidine rings is 1. The van der Waals surface area contributed by atoms with Gasteiger partial charge in [0.25, 0.3) is 0 Å². The van der Waals surface area contributed by atoms with Gasteiger partial charge in [-0.05, 0) is 17.5 Å². The Balaban J connectivity index is 2.19. The van der Waals surface area contributed by atoms with Crippen molar-refractivity contribution in [1.29, 1.82) is 0 Å². The van der Waals surface area contributed by atoms with Crippen LogP contribution in [0.5, 0.6) is 0 Å². The third-order valence-electron chi connectivity index (χ3n) is 3.66. The van der Waals surface area contributed by atoms with Gasteiger partial charge in [-0.25, -0.2) is 0 Å². The maximum Gasteiger partial charge on any atom is 0.325 e. The summed E-state index contributed by atoms with van der Waals surface area (Å²) in [7, 11) is 0. The van der Waals surface area contributed by atoms with Crippen LogP contribution in [0.1, 0.15) is 36.9 Å². The fourth-order valence-corrected chi connectivity index (χ4v) is 2.48. The summed E-state index contributed by atoms with van der Waals surface area (Å²) in [6.45, 7) is 3.14. The molecule has 1 unspecified atom stereocenters. The van der Waals surface area contributed by atoms with Crippen LogP contribution in [-0.4, -0.2) is 34.8 Å². The second-order valence-corrected chi connectivity index (χ2v) is 4.91. The molecule has 1 aromatic carbocycles. The minimum Gasteiger partial charge on any atom is -0.480 e. The predicted molar refractivity (Wildman–Crippen MR) is 72.0 cm³/mol. The highest BCUT2D eigenvalue weighted by molar-refractivity contribution is 5.80. The van der Waals surface area contributed by atoms with Crippen LogP contribution in [0, 0.1) is 0 Å². The van der Waals surface area contributed by atoms with E-state index in [-0.39, 0.29) is 5.78 Å². The Morgan fingerprint density at radius 1 is 1.26 bits per heavy atom. The molecule has 0 bridgehead atoms. The lowest BCUT2D eigenvalue weighted by molar-refractivity contribution is -0.145. The summed E-state index contributed by atoms with van der Waals surface area (Å²) in [4.78, 5) is 24.6. The molecule has 1 heterocycles. The highest BCUT2D eigenvalue weighted by Gasteiger charge is 2.30. The number of ketones is 1. The van der Waals surface area contributed by atoms with E-state index in [4.69, 9.17) is 0 Å². The summed E-state index contributed by atoms with van der Waals surface area (Å²) >= 11 is 0. The molecule has 0 spiro atoms. The van der Waals surface area contributed by atoms with Crippen LogP contribution >= 0.6 is 0 Å². The minimum absolute atomic E-state index is 0.224. The van der Waals surface area contributed by atoms with Crippen LogP contribution in [0.3, 0.4) is 0 Å². The summed E-state index contributed by atoms with van der Waals surface area (Å²) in [6.07, 6.45) is 1.85. The summed E-state index contributed by atoms with van der Waals surface area (Å²) in [6, 6.07) is 7.07. The van der Waals surface area contributed by atoms with Gasteiger partial charge in [-0.15, -0.1) is 0 Å². The molecule has 0 aliphatic carbocycles. The van der Waals surface area contributed by atoms with Crippen molar-refractivity contribution in [3.05, 3.63) is 35.4 Å². The highest BCUT2D eigenvalue weighted by Crippen LogP contribution is 2.24. The number of carbonyl (C=O) groups excluding carboxylic acids is 1. The first kappa shape index (κ1) is 13.7. The third-order valence-corrected chi connectivity index (χ3v) is 3.66. The van der Waals surface area contributed by atoms with Gasteiger partial charge in [-0.1, -0.05) is 31.2 Å². The van der Waals surface area contributed by atoms with Crippen molar-refractivity contribution < 1.29 is 14.7 Å². The zero-order chi connectivity index (χ0) is 13.8. The van der Waals surface area contributed by atoms with Crippen molar-refractivity contribution in [3.63, 3.8) is 0 Å². The van der Waals surface area contributed by atoms with Gasteiger partial charge in [-0.2, -0.15) is 0 Å². The highest BCUT2D eigenvalue weighted by atomic mass is 16.4. The molecule has 0 amide bonds. The number of nitrogens with zero attached hydrogens (tertiary/aromatic N) is 1. The molecule has 1 aliphatic heterocycles. The Bertz CT molecular complexity index is 457. The molecule has 4 heteroatoms. The van der Waals surface area contributed by atoms with Crippen LogP contribution < -0.4 is 0 Å². The first-order valence-corrected chi connectivity index (χ1v) is 6.69. The molecule has 1 saturated heterocycles. The number of hydrogen-bond donors (Lipinski definition) is 1. The molecule has 102 valence electrons. The molecule has 2 rings (SSSR count). The van der Waals surface area contributed by atoms with Crippen molar-refractivity contribution in [3.8, 4) is 0 Å². The number of benzene rings is 1. The number of carboxylic acids is 1. The van der Waals surface area contributed by atoms with Gasteiger partial charge in [-0.3, -0.25) is 14.5 Å². The van der Waals surface area contributed by atoms with E-state index >= 15 is 0 Å². The molecular formula is C15H19NO3. The lowest BCUT2D eigenvalue weighted by Gasteiger charge is -2.31. The van der Waals surface area contributed by atoms with Gasteiger partial charge in [0, 0.05) is 25.9 Å². The molecule has 0 aromatic heterocycles.